The zero-order chi connectivity index (χ0) is 16.4. The topological polar surface area (TPSA) is 29.1 Å². The molecule has 2 nitrogen and oxygen atoms in total. The minimum atomic E-state index is -0.126. The summed E-state index contributed by atoms with van der Waals surface area (Å²) in [6.07, 6.45) is 1.86. The van der Waals surface area contributed by atoms with Gasteiger partial charge in [0, 0.05) is 9.72 Å². The average molecular weight is 364 g/mol. The Morgan fingerprint density at radius 1 is 1.17 bits per heavy atom. The van der Waals surface area contributed by atoms with Gasteiger partial charge in [-0.25, -0.2) is 0 Å². The number of amides is 1. The summed E-state index contributed by atoms with van der Waals surface area (Å²) in [6, 6.07) is 13.2. The Labute approximate surface area is 149 Å². The van der Waals surface area contributed by atoms with Crippen molar-refractivity contribution < 1.29 is 4.79 Å². The van der Waals surface area contributed by atoms with Gasteiger partial charge in [0.05, 0.1) is 15.6 Å². The molecule has 118 valence electrons. The zero-order valence-electron chi connectivity index (χ0n) is 12.5. The van der Waals surface area contributed by atoms with E-state index in [4.69, 9.17) is 23.2 Å². The zero-order valence-corrected chi connectivity index (χ0v) is 14.9. The highest BCUT2D eigenvalue weighted by atomic mass is 35.5. The number of anilines is 1. The molecule has 1 N–H and O–H groups in total. The SMILES string of the molecule is CCCc1c(C(=O)Nc2ccc(Cl)cc2Cl)sc2ccccc12. The maximum atomic E-state index is 12.7. The molecule has 0 radical (unpaired) electrons. The summed E-state index contributed by atoms with van der Waals surface area (Å²) >= 11 is 13.6. The number of thiophene rings is 1. The maximum Gasteiger partial charge on any atom is 0.266 e. The highest BCUT2D eigenvalue weighted by Gasteiger charge is 2.18. The molecule has 1 heterocycles. The summed E-state index contributed by atoms with van der Waals surface area (Å²) < 4.78 is 1.13. The molecule has 3 rings (SSSR count). The fourth-order valence-corrected chi connectivity index (χ4v) is 4.15. The smallest absolute Gasteiger partial charge is 0.266 e. The first-order valence-electron chi connectivity index (χ1n) is 7.37. The Balaban J connectivity index is 1.98. The second-order valence-electron chi connectivity index (χ2n) is 5.23. The molecule has 0 saturated heterocycles. The van der Waals surface area contributed by atoms with Gasteiger partial charge in [-0.3, -0.25) is 4.79 Å². The van der Waals surface area contributed by atoms with Crippen molar-refractivity contribution in [2.45, 2.75) is 19.8 Å². The molecule has 23 heavy (non-hydrogen) atoms. The fourth-order valence-electron chi connectivity index (χ4n) is 2.55. The van der Waals surface area contributed by atoms with Crippen LogP contribution in [0.25, 0.3) is 10.1 Å². The normalized spacial score (nSPS) is 10.9. The molecular weight excluding hydrogens is 349 g/mol. The predicted octanol–water partition coefficient (Wildman–Crippen LogP) is 6.41. The van der Waals surface area contributed by atoms with Crippen molar-refractivity contribution in [1.29, 1.82) is 0 Å². The Hall–Kier alpha value is -1.55. The minimum absolute atomic E-state index is 0.126. The summed E-state index contributed by atoms with van der Waals surface area (Å²) in [5, 5.41) is 5.03. The van der Waals surface area contributed by atoms with Crippen molar-refractivity contribution >= 4 is 56.2 Å². The van der Waals surface area contributed by atoms with Gasteiger partial charge < -0.3 is 5.32 Å². The molecule has 1 amide bonds. The number of nitrogens with one attached hydrogen (secondary N) is 1. The molecule has 0 spiro atoms. The lowest BCUT2D eigenvalue weighted by atomic mass is 10.1. The second kappa shape index (κ2) is 6.91. The van der Waals surface area contributed by atoms with E-state index in [2.05, 4.69) is 18.3 Å². The number of hydrogen-bond donors (Lipinski definition) is 1. The lowest BCUT2D eigenvalue weighted by molar-refractivity contribution is 0.103. The summed E-state index contributed by atoms with van der Waals surface area (Å²) in [5.74, 6) is -0.126. The van der Waals surface area contributed by atoms with Crippen molar-refractivity contribution in [3.05, 3.63) is 63.0 Å². The van der Waals surface area contributed by atoms with Crippen LogP contribution in [0, 0.1) is 0 Å². The molecule has 0 aliphatic carbocycles. The summed E-state index contributed by atoms with van der Waals surface area (Å²) in [4.78, 5) is 13.5. The molecule has 0 aliphatic rings. The van der Waals surface area contributed by atoms with Crippen molar-refractivity contribution in [1.82, 2.24) is 0 Å². The number of halogens is 2. The van der Waals surface area contributed by atoms with Gasteiger partial charge in [-0.1, -0.05) is 54.7 Å². The molecule has 0 fully saturated rings. The van der Waals surface area contributed by atoms with Gasteiger partial charge >= 0.3 is 0 Å². The number of fused-ring (bicyclic) bond motifs is 1. The van der Waals surface area contributed by atoms with E-state index in [0.717, 1.165) is 33.4 Å². The highest BCUT2D eigenvalue weighted by Crippen LogP contribution is 2.33. The number of carbonyl (C=O) groups is 1. The van der Waals surface area contributed by atoms with Crippen LogP contribution in [-0.2, 0) is 6.42 Å². The van der Waals surface area contributed by atoms with Crippen molar-refractivity contribution in [3.63, 3.8) is 0 Å². The molecule has 1 aromatic heterocycles. The second-order valence-corrected chi connectivity index (χ2v) is 7.13. The largest absolute Gasteiger partial charge is 0.320 e. The first-order chi connectivity index (χ1) is 11.1. The third kappa shape index (κ3) is 3.37. The Morgan fingerprint density at radius 3 is 2.70 bits per heavy atom. The van der Waals surface area contributed by atoms with Gasteiger partial charge in [0.2, 0.25) is 0 Å². The van der Waals surface area contributed by atoms with Crippen LogP contribution in [0.3, 0.4) is 0 Å². The average Bonchev–Trinajstić information content (AvgIpc) is 2.90. The van der Waals surface area contributed by atoms with Gasteiger partial charge in [0.25, 0.3) is 5.91 Å². The molecule has 0 atom stereocenters. The lowest BCUT2D eigenvalue weighted by Crippen LogP contribution is -2.12. The first-order valence-corrected chi connectivity index (χ1v) is 8.94. The molecular formula is C18H15Cl2NOS. The van der Waals surface area contributed by atoms with E-state index in [1.54, 1.807) is 18.2 Å². The highest BCUT2D eigenvalue weighted by molar-refractivity contribution is 7.21. The summed E-state index contributed by atoms with van der Waals surface area (Å²) in [6.45, 7) is 2.12. The van der Waals surface area contributed by atoms with E-state index < -0.39 is 0 Å². The first kappa shape index (κ1) is 16.3. The molecule has 0 bridgehead atoms. The van der Waals surface area contributed by atoms with Gasteiger partial charge in [-0.2, -0.15) is 0 Å². The third-order valence-electron chi connectivity index (χ3n) is 3.58. The van der Waals surface area contributed by atoms with E-state index >= 15 is 0 Å². The van der Waals surface area contributed by atoms with Crippen LogP contribution < -0.4 is 5.32 Å². The van der Waals surface area contributed by atoms with Crippen LogP contribution >= 0.6 is 34.5 Å². The molecule has 2 aromatic carbocycles. The molecule has 0 saturated carbocycles. The van der Waals surface area contributed by atoms with Crippen LogP contribution in [0.5, 0.6) is 0 Å². The van der Waals surface area contributed by atoms with Gasteiger partial charge in [0.1, 0.15) is 0 Å². The molecule has 5 heteroatoms. The van der Waals surface area contributed by atoms with Crippen LogP contribution in [-0.4, -0.2) is 5.91 Å². The van der Waals surface area contributed by atoms with E-state index in [9.17, 15) is 4.79 Å². The van der Waals surface area contributed by atoms with E-state index in [1.165, 1.54) is 11.3 Å². The van der Waals surface area contributed by atoms with E-state index in [-0.39, 0.29) is 5.91 Å². The Bertz CT molecular complexity index is 873. The maximum absolute atomic E-state index is 12.7. The number of rotatable bonds is 4. The monoisotopic (exact) mass is 363 g/mol. The Kier molecular flexibility index (Phi) is 4.90. The fraction of sp³-hybridized carbons (Fsp3) is 0.167. The minimum Gasteiger partial charge on any atom is -0.320 e. The van der Waals surface area contributed by atoms with E-state index in [0.29, 0.717) is 15.7 Å². The predicted molar refractivity (Wildman–Crippen MR) is 100 cm³/mol. The lowest BCUT2D eigenvalue weighted by Gasteiger charge is -2.08. The molecule has 0 unspecified atom stereocenters. The summed E-state index contributed by atoms with van der Waals surface area (Å²) in [7, 11) is 0. The third-order valence-corrected chi connectivity index (χ3v) is 5.34. The van der Waals surface area contributed by atoms with Crippen molar-refractivity contribution in [2.24, 2.45) is 0 Å². The van der Waals surface area contributed by atoms with Gasteiger partial charge in [-0.05, 0) is 41.6 Å². The molecule has 0 aliphatic heterocycles. The Morgan fingerprint density at radius 2 is 1.96 bits per heavy atom. The van der Waals surface area contributed by atoms with Gasteiger partial charge in [-0.15, -0.1) is 11.3 Å². The number of hydrogen-bond acceptors (Lipinski definition) is 2. The van der Waals surface area contributed by atoms with Crippen molar-refractivity contribution in [3.8, 4) is 0 Å². The van der Waals surface area contributed by atoms with Crippen molar-refractivity contribution in [2.75, 3.05) is 5.32 Å². The summed E-state index contributed by atoms with van der Waals surface area (Å²) in [5.41, 5.74) is 1.68. The van der Waals surface area contributed by atoms with Crippen LogP contribution in [0.15, 0.2) is 42.5 Å². The quantitative estimate of drug-likeness (QED) is 0.569. The van der Waals surface area contributed by atoms with Gasteiger partial charge in [0.15, 0.2) is 0 Å². The standard InChI is InChI=1S/C18H15Cl2NOS/c1-2-5-13-12-6-3-4-7-16(12)23-17(13)18(22)21-15-9-8-11(19)10-14(15)20/h3-4,6-10H,2,5H2,1H3,(H,21,22). The number of carbonyl (C=O) groups excluding carboxylic acids is 1. The van der Waals surface area contributed by atoms with Crippen LogP contribution in [0.2, 0.25) is 10.0 Å². The number of aryl methyl sites for hydroxylation is 1. The molecule has 3 aromatic rings. The van der Waals surface area contributed by atoms with Crippen LogP contribution in [0.4, 0.5) is 5.69 Å². The van der Waals surface area contributed by atoms with E-state index in [1.807, 2.05) is 18.2 Å². The van der Waals surface area contributed by atoms with Crippen LogP contribution in [0.1, 0.15) is 28.6 Å². The number of benzene rings is 2.